The molecule has 0 amide bonds. The maximum Gasteiger partial charge on any atom is 0.325 e. The Morgan fingerprint density at radius 3 is 2.71 bits per heavy atom. The van der Waals surface area contributed by atoms with Crippen molar-refractivity contribution >= 4 is 17.4 Å². The van der Waals surface area contributed by atoms with E-state index in [4.69, 9.17) is 14.5 Å². The van der Waals surface area contributed by atoms with Crippen LogP contribution in [0.5, 0.6) is 0 Å². The Hall–Kier alpha value is -2.81. The first-order chi connectivity index (χ1) is 19.6. The van der Waals surface area contributed by atoms with Gasteiger partial charge in [-0.25, -0.2) is 0 Å². The van der Waals surface area contributed by atoms with Crippen LogP contribution in [0.1, 0.15) is 75.1 Å². The lowest BCUT2D eigenvalue weighted by Crippen LogP contribution is -2.45. The van der Waals surface area contributed by atoms with Crippen molar-refractivity contribution in [3.63, 3.8) is 0 Å². The number of aliphatic hydroxyl groups is 1. The molecule has 0 bridgehead atoms. The van der Waals surface area contributed by atoms with Crippen LogP contribution < -0.4 is 10.9 Å². The molecule has 0 spiro atoms. The molecular weight excluding hydrogens is 518 g/mol. The van der Waals surface area contributed by atoms with E-state index in [1.54, 1.807) is 18.5 Å². The lowest BCUT2D eigenvalue weighted by molar-refractivity contribution is -0.150. The molecular formula is C33H47N3O5. The van der Waals surface area contributed by atoms with E-state index in [0.717, 1.165) is 67.8 Å². The van der Waals surface area contributed by atoms with E-state index < -0.39 is 18.1 Å². The van der Waals surface area contributed by atoms with Crippen LogP contribution in [0.2, 0.25) is 0 Å². The smallest absolute Gasteiger partial charge is 0.325 e. The number of aromatic nitrogens is 1. The molecule has 3 heterocycles. The number of nitrogens with zero attached hydrogens (tertiary/aromatic N) is 2. The third-order valence-electron chi connectivity index (χ3n) is 8.20. The monoisotopic (exact) mass is 565 g/mol. The highest BCUT2D eigenvalue weighted by atomic mass is 16.5. The van der Waals surface area contributed by atoms with Crippen LogP contribution in [0.15, 0.2) is 40.2 Å². The molecule has 2 aliphatic rings. The number of fused-ring (bicyclic) bond motifs is 1. The Balaban J connectivity index is 1.59. The number of rotatable bonds is 11. The number of aliphatic hydroxyl groups excluding tert-OH is 1. The van der Waals surface area contributed by atoms with Gasteiger partial charge in [0, 0.05) is 50.0 Å². The van der Waals surface area contributed by atoms with Crippen molar-refractivity contribution in [1.82, 2.24) is 9.88 Å². The minimum atomic E-state index is -0.886. The van der Waals surface area contributed by atoms with Crippen LogP contribution in [-0.4, -0.2) is 53.3 Å². The molecule has 2 N–H and O–H groups in total. The summed E-state index contributed by atoms with van der Waals surface area (Å²) in [4.78, 5) is 30.3. The first kappa shape index (κ1) is 31.1. The van der Waals surface area contributed by atoms with E-state index >= 15 is 0 Å². The van der Waals surface area contributed by atoms with Gasteiger partial charge in [0.1, 0.15) is 6.04 Å². The van der Waals surface area contributed by atoms with Gasteiger partial charge in [0.25, 0.3) is 5.56 Å². The molecule has 2 aliphatic heterocycles. The van der Waals surface area contributed by atoms with Gasteiger partial charge in [-0.2, -0.15) is 0 Å². The van der Waals surface area contributed by atoms with Crippen LogP contribution >= 0.6 is 0 Å². The van der Waals surface area contributed by atoms with Gasteiger partial charge in [-0.1, -0.05) is 26.0 Å². The first-order valence-corrected chi connectivity index (χ1v) is 15.2. The molecule has 1 saturated heterocycles. The molecule has 1 aromatic heterocycles. The number of nitrogens with one attached hydrogen (secondary N) is 1. The average Bonchev–Trinajstić information content (AvgIpc) is 3.13. The second kappa shape index (κ2) is 14.4. The Morgan fingerprint density at radius 2 is 2.02 bits per heavy atom. The quantitative estimate of drug-likeness (QED) is 0.386. The Bertz CT molecular complexity index is 1250. The highest BCUT2D eigenvalue weighted by Gasteiger charge is 2.27. The summed E-state index contributed by atoms with van der Waals surface area (Å²) in [5, 5.41) is 13.4. The highest BCUT2D eigenvalue weighted by molar-refractivity contribution is 6.04. The zero-order valence-corrected chi connectivity index (χ0v) is 25.3. The van der Waals surface area contributed by atoms with Crippen LogP contribution in [-0.2, 0) is 34.3 Å². The standard InChI is InChI=1S/C33H47N3O5/c1-21(2)19-41-33(39)30(23(4)37)34-17-25-9-10-26-12-13-27(11-8-24-7-6-14-40-20-24)31(35-29(26)16-25)28-15-22(3)32(38)36(5)18-28/h9-10,15-16,18,21,23-24,27,30,34,37H,6-8,11-14,17,19-20H2,1-5H3/t23-,24?,27?,30+/m1/s1. The van der Waals surface area contributed by atoms with Crippen molar-refractivity contribution in [3.05, 3.63) is 63.1 Å². The molecule has 2 unspecified atom stereocenters. The van der Waals surface area contributed by atoms with Gasteiger partial charge in [-0.05, 0) is 87.5 Å². The van der Waals surface area contributed by atoms with Gasteiger partial charge >= 0.3 is 5.97 Å². The van der Waals surface area contributed by atoms with Crippen LogP contribution in [0, 0.1) is 24.7 Å². The minimum absolute atomic E-state index is 0.00669. The third-order valence-corrected chi connectivity index (χ3v) is 8.20. The van der Waals surface area contributed by atoms with Crippen LogP contribution in [0.25, 0.3) is 0 Å². The highest BCUT2D eigenvalue weighted by Crippen LogP contribution is 2.34. The number of hydrogen-bond donors (Lipinski definition) is 2. The summed E-state index contributed by atoms with van der Waals surface area (Å²) in [5.41, 5.74) is 5.83. The van der Waals surface area contributed by atoms with Crippen LogP contribution in [0.4, 0.5) is 5.69 Å². The molecule has 0 aliphatic carbocycles. The second-order valence-corrected chi connectivity index (χ2v) is 12.3. The number of pyridine rings is 1. The summed E-state index contributed by atoms with van der Waals surface area (Å²) in [7, 11) is 1.80. The van der Waals surface area contributed by atoms with Crippen molar-refractivity contribution in [3.8, 4) is 0 Å². The van der Waals surface area contributed by atoms with E-state index in [2.05, 4.69) is 23.5 Å². The topological polar surface area (TPSA) is 102 Å². The van der Waals surface area contributed by atoms with Gasteiger partial charge < -0.3 is 19.1 Å². The van der Waals surface area contributed by atoms with E-state index in [9.17, 15) is 14.7 Å². The Morgan fingerprint density at radius 1 is 1.22 bits per heavy atom. The minimum Gasteiger partial charge on any atom is -0.464 e. The zero-order valence-electron chi connectivity index (χ0n) is 25.3. The van der Waals surface area contributed by atoms with E-state index in [0.29, 0.717) is 24.6 Å². The molecule has 1 fully saturated rings. The number of hydrogen-bond acceptors (Lipinski definition) is 7. The van der Waals surface area contributed by atoms with Gasteiger partial charge in [-0.15, -0.1) is 0 Å². The molecule has 8 nitrogen and oxygen atoms in total. The third kappa shape index (κ3) is 8.37. The van der Waals surface area contributed by atoms with Gasteiger partial charge in [0.15, 0.2) is 0 Å². The number of carbonyl (C=O) groups is 1. The molecule has 2 aromatic rings. The normalized spacial score (nSPS) is 20.6. The summed E-state index contributed by atoms with van der Waals surface area (Å²) in [5.74, 6) is 0.642. The number of esters is 1. The summed E-state index contributed by atoms with van der Waals surface area (Å²) in [6, 6.07) is 7.44. The first-order valence-electron chi connectivity index (χ1n) is 15.2. The van der Waals surface area contributed by atoms with Crippen molar-refractivity contribution < 1.29 is 19.4 Å². The lowest BCUT2D eigenvalue weighted by atomic mass is 9.85. The summed E-state index contributed by atoms with van der Waals surface area (Å²) >= 11 is 0. The Labute approximate surface area is 244 Å². The molecule has 0 radical (unpaired) electrons. The summed E-state index contributed by atoms with van der Waals surface area (Å²) < 4.78 is 12.8. The number of benzene rings is 1. The molecule has 1 aromatic carbocycles. The molecule has 4 atom stereocenters. The number of ether oxygens (including phenoxy) is 2. The second-order valence-electron chi connectivity index (χ2n) is 12.3. The number of aliphatic imine (C=N–C) groups is 1. The predicted octanol–water partition coefficient (Wildman–Crippen LogP) is 4.62. The lowest BCUT2D eigenvalue weighted by Gasteiger charge is -2.25. The van der Waals surface area contributed by atoms with Crippen molar-refractivity contribution in [2.75, 3.05) is 19.8 Å². The van der Waals surface area contributed by atoms with Gasteiger partial charge in [0.05, 0.1) is 24.1 Å². The predicted molar refractivity (Wildman–Crippen MR) is 162 cm³/mol. The van der Waals surface area contributed by atoms with Gasteiger partial charge in [-0.3, -0.25) is 19.9 Å². The fourth-order valence-corrected chi connectivity index (χ4v) is 5.81. The molecule has 41 heavy (non-hydrogen) atoms. The fourth-order valence-electron chi connectivity index (χ4n) is 5.81. The van der Waals surface area contributed by atoms with E-state index in [1.165, 1.54) is 12.0 Å². The fraction of sp³-hybridized carbons (Fsp3) is 0.606. The van der Waals surface area contributed by atoms with Crippen molar-refractivity contribution in [1.29, 1.82) is 0 Å². The number of aryl methyl sites for hydroxylation is 3. The largest absolute Gasteiger partial charge is 0.464 e. The van der Waals surface area contributed by atoms with Crippen LogP contribution in [0.3, 0.4) is 0 Å². The van der Waals surface area contributed by atoms with Gasteiger partial charge in [0.2, 0.25) is 0 Å². The van der Waals surface area contributed by atoms with Crippen molar-refractivity contribution in [2.24, 2.45) is 29.8 Å². The number of carbonyl (C=O) groups excluding carboxylic acids is 1. The Kier molecular flexibility index (Phi) is 10.9. The maximum absolute atomic E-state index is 12.6. The molecule has 8 heteroatoms. The van der Waals surface area contributed by atoms with Crippen molar-refractivity contribution in [2.45, 2.75) is 84.9 Å². The maximum atomic E-state index is 12.6. The summed E-state index contributed by atoms with van der Waals surface area (Å²) in [6.45, 7) is 9.84. The average molecular weight is 566 g/mol. The zero-order chi connectivity index (χ0) is 29.5. The molecule has 224 valence electrons. The summed E-state index contributed by atoms with van der Waals surface area (Å²) in [6.07, 6.45) is 7.42. The SMILES string of the molecule is Cc1cc(C2=Nc3cc(CN[C@H](C(=O)OCC(C)C)[C@@H](C)O)ccc3CCC2CCC2CCCOC2)cn(C)c1=O. The van der Waals surface area contributed by atoms with E-state index in [1.807, 2.05) is 33.0 Å². The molecule has 4 rings (SSSR count). The van der Waals surface area contributed by atoms with E-state index in [-0.39, 0.29) is 17.4 Å². The molecule has 0 saturated carbocycles.